The van der Waals surface area contributed by atoms with Gasteiger partial charge in [0, 0.05) is 13.0 Å². The lowest BCUT2D eigenvalue weighted by Gasteiger charge is -2.32. The van der Waals surface area contributed by atoms with E-state index in [1.54, 1.807) is 25.7 Å². The summed E-state index contributed by atoms with van der Waals surface area (Å²) in [5, 5.41) is 0. The summed E-state index contributed by atoms with van der Waals surface area (Å²) in [5.41, 5.74) is -0.465. The van der Waals surface area contributed by atoms with Crippen LogP contribution in [0, 0.1) is 5.41 Å². The number of rotatable bonds is 6. The smallest absolute Gasteiger partial charge is 0.315 e. The van der Waals surface area contributed by atoms with Gasteiger partial charge in [-0.25, -0.2) is 0 Å². The molecule has 0 radical (unpaired) electrons. The molecule has 1 amide bonds. The monoisotopic (exact) mass is 357 g/mol. The largest absolute Gasteiger partial charge is 0.459 e. The van der Waals surface area contributed by atoms with Gasteiger partial charge in [0.1, 0.15) is 11.9 Å². The number of allylic oxidation sites excluding steroid dienone is 1. The molecule has 2 atom stereocenters. The third-order valence-corrected chi connectivity index (χ3v) is 4.60. The Morgan fingerprint density at radius 3 is 2.50 bits per heavy atom. The number of hydrogen-bond acceptors (Lipinski definition) is 4. The fraction of sp³-hybridized carbons (Fsp3) is 0.476. The molecule has 5 heteroatoms. The van der Waals surface area contributed by atoms with Gasteiger partial charge in [-0.05, 0) is 45.3 Å². The van der Waals surface area contributed by atoms with Gasteiger partial charge in [0.15, 0.2) is 0 Å². The van der Waals surface area contributed by atoms with Gasteiger partial charge in [0.25, 0.3) is 0 Å². The maximum absolute atomic E-state index is 12.9. The van der Waals surface area contributed by atoms with Gasteiger partial charge in [-0.1, -0.05) is 36.9 Å². The number of carbonyl (C=O) groups is 3. The van der Waals surface area contributed by atoms with E-state index in [0.717, 1.165) is 5.56 Å². The summed E-state index contributed by atoms with van der Waals surface area (Å²) in [6.45, 7) is 11.2. The molecule has 1 saturated heterocycles. The molecule has 0 saturated carbocycles. The van der Waals surface area contributed by atoms with Crippen molar-refractivity contribution in [3.63, 3.8) is 0 Å². The van der Waals surface area contributed by atoms with Gasteiger partial charge in [-0.15, -0.1) is 0 Å². The first kappa shape index (κ1) is 19.9. The van der Waals surface area contributed by atoms with Crippen molar-refractivity contribution < 1.29 is 19.1 Å². The van der Waals surface area contributed by atoms with Crippen molar-refractivity contribution in [1.29, 1.82) is 0 Å². The highest BCUT2D eigenvalue weighted by molar-refractivity contribution is 5.91. The van der Waals surface area contributed by atoms with Crippen LogP contribution in [0.1, 0.15) is 52.1 Å². The second-order valence-electron chi connectivity index (χ2n) is 8.02. The Morgan fingerprint density at radius 1 is 1.35 bits per heavy atom. The summed E-state index contributed by atoms with van der Waals surface area (Å²) in [7, 11) is 0. The zero-order chi connectivity index (χ0) is 19.5. The molecule has 1 aliphatic rings. The Labute approximate surface area is 155 Å². The van der Waals surface area contributed by atoms with Crippen LogP contribution in [0.2, 0.25) is 0 Å². The van der Waals surface area contributed by atoms with Gasteiger partial charge in [0.05, 0.1) is 11.5 Å². The molecule has 1 heterocycles. The average Bonchev–Trinajstić information content (AvgIpc) is 2.91. The van der Waals surface area contributed by atoms with E-state index < -0.39 is 17.0 Å². The Morgan fingerprint density at radius 2 is 1.96 bits per heavy atom. The van der Waals surface area contributed by atoms with Crippen molar-refractivity contribution in [3.8, 4) is 0 Å². The minimum atomic E-state index is -1.08. The molecule has 0 bridgehead atoms. The Kier molecular flexibility index (Phi) is 5.69. The average molecular weight is 357 g/mol. The number of benzene rings is 1. The molecule has 0 unspecified atom stereocenters. The summed E-state index contributed by atoms with van der Waals surface area (Å²) in [6, 6.07) is 9.49. The van der Waals surface area contributed by atoms with Gasteiger partial charge in [0.2, 0.25) is 5.91 Å². The molecule has 1 aromatic rings. The highest BCUT2D eigenvalue weighted by Crippen LogP contribution is 2.42. The van der Waals surface area contributed by atoms with Crippen LogP contribution in [0.15, 0.2) is 42.5 Å². The second kappa shape index (κ2) is 7.44. The van der Waals surface area contributed by atoms with Crippen LogP contribution in [-0.4, -0.2) is 35.2 Å². The summed E-state index contributed by atoms with van der Waals surface area (Å²) < 4.78 is 5.58. The predicted octanol–water partition coefficient (Wildman–Crippen LogP) is 3.45. The van der Waals surface area contributed by atoms with Crippen molar-refractivity contribution in [2.24, 2.45) is 5.41 Å². The topological polar surface area (TPSA) is 63.7 Å². The summed E-state index contributed by atoms with van der Waals surface area (Å²) in [6.07, 6.45) is 0.779. The zero-order valence-electron chi connectivity index (χ0n) is 16.0. The fourth-order valence-electron chi connectivity index (χ4n) is 3.32. The van der Waals surface area contributed by atoms with Crippen molar-refractivity contribution >= 4 is 18.2 Å². The highest BCUT2D eigenvalue weighted by atomic mass is 16.6. The lowest BCUT2D eigenvalue weighted by atomic mass is 9.80. The maximum Gasteiger partial charge on any atom is 0.315 e. The maximum atomic E-state index is 12.9. The number of ether oxygens (including phenoxy) is 1. The van der Waals surface area contributed by atoms with Crippen LogP contribution in [0.5, 0.6) is 0 Å². The van der Waals surface area contributed by atoms with E-state index in [2.05, 4.69) is 6.58 Å². The van der Waals surface area contributed by atoms with Gasteiger partial charge in [-0.3, -0.25) is 14.4 Å². The van der Waals surface area contributed by atoms with Crippen molar-refractivity contribution in [2.45, 2.75) is 52.2 Å². The van der Waals surface area contributed by atoms with Gasteiger partial charge < -0.3 is 9.64 Å². The van der Waals surface area contributed by atoms with Crippen molar-refractivity contribution in [2.75, 3.05) is 6.54 Å². The Hall–Kier alpha value is -2.43. The normalized spacial score (nSPS) is 21.4. The standard InChI is InChI=1S/C21H27NO4/c1-15(13-23)11-21(19(25)26-20(3,4)5)12-18(24)22(14-21)16(2)17-9-7-6-8-10-17/h6-10,13,16H,1,11-12,14H2,2-5H3/t16-,21+/m1/s1. The highest BCUT2D eigenvalue weighted by Gasteiger charge is 2.52. The van der Waals surface area contributed by atoms with Crippen molar-refractivity contribution in [3.05, 3.63) is 48.0 Å². The number of likely N-dealkylation sites (tertiary alicyclic amines) is 1. The molecule has 5 nitrogen and oxygen atoms in total. The number of aldehydes is 1. The SMILES string of the molecule is C=C(C=O)C[C@]1(C(=O)OC(C)(C)C)CC(=O)N([C@H](C)c2ccccc2)C1. The van der Waals surface area contributed by atoms with Crippen LogP contribution in [0.4, 0.5) is 0 Å². The molecule has 0 spiro atoms. The second-order valence-corrected chi connectivity index (χ2v) is 8.02. The molecule has 0 aliphatic carbocycles. The number of nitrogens with zero attached hydrogens (tertiary/aromatic N) is 1. The van der Waals surface area contributed by atoms with Crippen LogP contribution in [-0.2, 0) is 19.1 Å². The third kappa shape index (κ3) is 4.40. The summed E-state index contributed by atoms with van der Waals surface area (Å²) in [5.74, 6) is -0.574. The minimum Gasteiger partial charge on any atom is -0.459 e. The van der Waals surface area contributed by atoms with E-state index in [0.29, 0.717) is 6.29 Å². The fourth-order valence-corrected chi connectivity index (χ4v) is 3.32. The van der Waals surface area contributed by atoms with Crippen LogP contribution in [0.3, 0.4) is 0 Å². The minimum absolute atomic E-state index is 0.0198. The Balaban J connectivity index is 2.32. The number of carbonyl (C=O) groups excluding carboxylic acids is 3. The van der Waals surface area contributed by atoms with Crippen LogP contribution in [0.25, 0.3) is 0 Å². The first-order chi connectivity index (χ1) is 12.1. The first-order valence-electron chi connectivity index (χ1n) is 8.79. The van der Waals surface area contributed by atoms with E-state index in [1.807, 2.05) is 37.3 Å². The molecular weight excluding hydrogens is 330 g/mol. The quantitative estimate of drug-likeness (QED) is 0.444. The zero-order valence-corrected chi connectivity index (χ0v) is 16.0. The van der Waals surface area contributed by atoms with E-state index in [1.165, 1.54) is 0 Å². The number of hydrogen-bond donors (Lipinski definition) is 0. The van der Waals surface area contributed by atoms with Gasteiger partial charge >= 0.3 is 5.97 Å². The summed E-state index contributed by atoms with van der Waals surface area (Å²) in [4.78, 5) is 38.5. The third-order valence-electron chi connectivity index (χ3n) is 4.60. The number of esters is 1. The van der Waals surface area contributed by atoms with E-state index in [-0.39, 0.29) is 36.9 Å². The molecular formula is C21H27NO4. The van der Waals surface area contributed by atoms with Crippen molar-refractivity contribution in [1.82, 2.24) is 4.90 Å². The van der Waals surface area contributed by atoms with E-state index in [4.69, 9.17) is 4.74 Å². The molecule has 1 fully saturated rings. The predicted molar refractivity (Wildman–Crippen MR) is 99.3 cm³/mol. The number of amides is 1. The van der Waals surface area contributed by atoms with E-state index >= 15 is 0 Å². The lowest BCUT2D eigenvalue weighted by molar-refractivity contribution is -0.167. The van der Waals surface area contributed by atoms with E-state index in [9.17, 15) is 14.4 Å². The van der Waals surface area contributed by atoms with Crippen LogP contribution < -0.4 is 0 Å². The molecule has 140 valence electrons. The van der Waals surface area contributed by atoms with Gasteiger partial charge in [-0.2, -0.15) is 0 Å². The Bertz CT molecular complexity index is 704. The van der Waals surface area contributed by atoms with Crippen LogP contribution >= 0.6 is 0 Å². The molecule has 26 heavy (non-hydrogen) atoms. The molecule has 2 rings (SSSR count). The first-order valence-corrected chi connectivity index (χ1v) is 8.79. The lowest BCUT2D eigenvalue weighted by Crippen LogP contribution is -2.40. The molecule has 1 aliphatic heterocycles. The molecule has 0 aromatic heterocycles. The summed E-state index contributed by atoms with van der Waals surface area (Å²) >= 11 is 0. The molecule has 0 N–H and O–H groups in total. The molecule has 1 aromatic carbocycles.